The van der Waals surface area contributed by atoms with E-state index in [2.05, 4.69) is 31.9 Å². The van der Waals surface area contributed by atoms with Crippen LogP contribution in [0, 0.1) is 0 Å². The minimum atomic E-state index is -4.41. The molecule has 0 saturated heterocycles. The molecular weight excluding hydrogens is 598 g/mol. The summed E-state index contributed by atoms with van der Waals surface area (Å²) in [7, 11) is -1.56. The molecule has 7 nitrogen and oxygen atoms in total. The minimum absolute atomic E-state index is 0.189. The SMILES string of the molecule is CCCCCCCCCCCCCCCC(=O)C(C(=O)CCCCCCCCCCCCCCC)[NH+](C)C(C)C.COS(=O)(=O)[O-]. The van der Waals surface area contributed by atoms with Gasteiger partial charge in [0.15, 0.2) is 11.6 Å². The Morgan fingerprint density at radius 3 is 0.957 bits per heavy atom. The van der Waals surface area contributed by atoms with Crippen LogP contribution in [0.1, 0.15) is 207 Å². The van der Waals surface area contributed by atoms with E-state index in [4.69, 9.17) is 0 Å². The molecule has 46 heavy (non-hydrogen) atoms. The Bertz CT molecular complexity index is 744. The van der Waals surface area contributed by atoms with Crippen LogP contribution in [0.4, 0.5) is 0 Å². The summed E-state index contributed by atoms with van der Waals surface area (Å²) in [5.74, 6) is 0.378. The second kappa shape index (κ2) is 34.0. The van der Waals surface area contributed by atoms with Crippen LogP contribution in [0.2, 0.25) is 0 Å². The Morgan fingerprint density at radius 1 is 0.543 bits per heavy atom. The second-order valence-electron chi connectivity index (χ2n) is 13.8. The first kappa shape index (κ1) is 47.3. The number of Topliss-reactive ketones (excluding diaryl/α,β-unsaturated/α-hetero) is 2. The quantitative estimate of drug-likeness (QED) is 0.0322. The van der Waals surface area contributed by atoms with Crippen LogP contribution in [-0.2, 0) is 24.2 Å². The van der Waals surface area contributed by atoms with Crippen LogP contribution >= 0.6 is 0 Å². The third-order valence-electron chi connectivity index (χ3n) is 9.27. The average Bonchev–Trinajstić information content (AvgIpc) is 3.01. The monoisotopic (exact) mass is 676 g/mol. The fraction of sp³-hybridized carbons (Fsp3) is 0.947. The molecular formula is C38H77NO6S. The number of likely N-dealkylation sites (N-methyl/N-ethyl adjacent to an activating group) is 1. The summed E-state index contributed by atoms with van der Waals surface area (Å²) in [6.45, 7) is 8.81. The highest BCUT2D eigenvalue weighted by Gasteiger charge is 2.34. The number of hydrogen-bond donors (Lipinski definition) is 1. The normalized spacial score (nSPS) is 12.4. The van der Waals surface area contributed by atoms with E-state index in [1.165, 1.54) is 141 Å². The Morgan fingerprint density at radius 2 is 0.761 bits per heavy atom. The van der Waals surface area contributed by atoms with Gasteiger partial charge in [-0.1, -0.05) is 168 Å². The molecule has 8 heteroatoms. The Hall–Kier alpha value is -0.830. The largest absolute Gasteiger partial charge is 0.726 e. The first-order valence-corrected chi connectivity index (χ1v) is 20.7. The molecule has 0 aliphatic heterocycles. The van der Waals surface area contributed by atoms with Crippen LogP contribution in [-0.4, -0.2) is 50.8 Å². The molecule has 0 fully saturated rings. The molecule has 0 heterocycles. The van der Waals surface area contributed by atoms with Crippen molar-refractivity contribution in [3.05, 3.63) is 0 Å². The highest BCUT2D eigenvalue weighted by Crippen LogP contribution is 2.15. The fourth-order valence-electron chi connectivity index (χ4n) is 5.94. The van der Waals surface area contributed by atoms with Gasteiger partial charge in [0.05, 0.1) is 20.2 Å². The first-order chi connectivity index (χ1) is 22.0. The molecule has 276 valence electrons. The number of carbonyl (C=O) groups is 2. The van der Waals surface area contributed by atoms with Gasteiger partial charge in [0.1, 0.15) is 0 Å². The molecule has 0 amide bonds. The average molecular weight is 676 g/mol. The zero-order chi connectivity index (χ0) is 34.9. The molecule has 1 atom stereocenters. The predicted molar refractivity (Wildman–Crippen MR) is 193 cm³/mol. The zero-order valence-electron chi connectivity index (χ0n) is 31.3. The van der Waals surface area contributed by atoms with Crippen molar-refractivity contribution in [3.8, 4) is 0 Å². The number of rotatable bonds is 33. The van der Waals surface area contributed by atoms with Gasteiger partial charge in [-0.15, -0.1) is 0 Å². The standard InChI is InChI=1S/C37H73NO2.CH4O4S/c1-6-8-10-12-14-16-18-20-22-24-26-28-30-32-35(39)37(38(5)34(3)4)36(40)33-31-29-27-25-23-21-19-17-15-13-11-9-7-2;1-5-6(2,3)4/h34,37H,6-33H2,1-5H3;1H3,(H,2,3,4). The third kappa shape index (κ3) is 33.1. The second-order valence-corrected chi connectivity index (χ2v) is 15.0. The van der Waals surface area contributed by atoms with Crippen LogP contribution < -0.4 is 4.90 Å². The van der Waals surface area contributed by atoms with Crippen LogP contribution in [0.25, 0.3) is 0 Å². The van der Waals surface area contributed by atoms with Gasteiger partial charge in [-0.3, -0.25) is 13.8 Å². The predicted octanol–water partition coefficient (Wildman–Crippen LogP) is 9.47. The van der Waals surface area contributed by atoms with Crippen molar-refractivity contribution in [1.82, 2.24) is 0 Å². The number of unbranched alkanes of at least 4 members (excludes halogenated alkanes) is 24. The summed E-state index contributed by atoms with van der Waals surface area (Å²) in [5, 5.41) is 0. The maximum absolute atomic E-state index is 13.1. The van der Waals surface area contributed by atoms with Crippen molar-refractivity contribution in [2.75, 3.05) is 14.2 Å². The zero-order valence-corrected chi connectivity index (χ0v) is 32.1. The topological polar surface area (TPSA) is 105 Å². The van der Waals surface area contributed by atoms with Gasteiger partial charge in [0, 0.05) is 12.8 Å². The van der Waals surface area contributed by atoms with E-state index in [9.17, 15) is 22.6 Å². The molecule has 0 saturated carbocycles. The van der Waals surface area contributed by atoms with Crippen molar-refractivity contribution in [2.24, 2.45) is 0 Å². The van der Waals surface area contributed by atoms with E-state index < -0.39 is 16.4 Å². The molecule has 0 aromatic rings. The van der Waals surface area contributed by atoms with Crippen molar-refractivity contribution in [1.29, 1.82) is 0 Å². The summed E-state index contributed by atoms with van der Waals surface area (Å²) in [6, 6.07) is -0.161. The maximum Gasteiger partial charge on any atom is 0.217 e. The van der Waals surface area contributed by atoms with Gasteiger partial charge in [-0.2, -0.15) is 0 Å². The van der Waals surface area contributed by atoms with Crippen LogP contribution in [0.15, 0.2) is 0 Å². The summed E-state index contributed by atoms with van der Waals surface area (Å²) in [5.41, 5.74) is 0. The Kier molecular flexibility index (Phi) is 35.0. The Labute approximate surface area is 286 Å². The lowest BCUT2D eigenvalue weighted by molar-refractivity contribution is -0.908. The van der Waals surface area contributed by atoms with E-state index in [1.54, 1.807) is 0 Å². The van der Waals surface area contributed by atoms with Gasteiger partial charge in [-0.05, 0) is 26.7 Å². The van der Waals surface area contributed by atoms with Crippen molar-refractivity contribution >= 4 is 22.0 Å². The van der Waals surface area contributed by atoms with Crippen molar-refractivity contribution < 1.29 is 31.6 Å². The first-order valence-electron chi connectivity index (χ1n) is 19.4. The highest BCUT2D eigenvalue weighted by atomic mass is 32.3. The van der Waals surface area contributed by atoms with Crippen molar-refractivity contribution in [2.45, 2.75) is 220 Å². The third-order valence-corrected chi connectivity index (χ3v) is 9.68. The van der Waals surface area contributed by atoms with E-state index in [-0.39, 0.29) is 17.6 Å². The lowest BCUT2D eigenvalue weighted by atomic mass is 9.95. The molecule has 0 aliphatic rings. The smallest absolute Gasteiger partial charge is 0.217 e. The summed E-state index contributed by atoms with van der Waals surface area (Å²) in [4.78, 5) is 27.3. The molecule has 0 bridgehead atoms. The lowest BCUT2D eigenvalue weighted by Gasteiger charge is -2.26. The van der Waals surface area contributed by atoms with E-state index >= 15 is 0 Å². The number of nitrogens with one attached hydrogen (secondary N) is 1. The number of hydrogen-bond acceptors (Lipinski definition) is 6. The van der Waals surface area contributed by atoms with Gasteiger partial charge in [0.2, 0.25) is 16.4 Å². The number of carbonyl (C=O) groups excluding carboxylic acids is 2. The molecule has 1 unspecified atom stereocenters. The number of quaternary nitrogens is 1. The number of ketones is 2. The van der Waals surface area contributed by atoms with Gasteiger partial charge in [-0.25, -0.2) is 8.42 Å². The minimum Gasteiger partial charge on any atom is -0.726 e. The van der Waals surface area contributed by atoms with Crippen LogP contribution in [0.5, 0.6) is 0 Å². The van der Waals surface area contributed by atoms with Crippen molar-refractivity contribution in [3.63, 3.8) is 0 Å². The maximum atomic E-state index is 13.1. The Balaban J connectivity index is 0. The fourth-order valence-corrected chi connectivity index (χ4v) is 5.94. The van der Waals surface area contributed by atoms with Gasteiger partial charge < -0.3 is 9.45 Å². The molecule has 0 aliphatic carbocycles. The molecule has 0 spiro atoms. The summed E-state index contributed by atoms with van der Waals surface area (Å²) >= 11 is 0. The molecule has 1 N–H and O–H groups in total. The van der Waals surface area contributed by atoms with E-state index in [0.29, 0.717) is 12.8 Å². The molecule has 0 aromatic heterocycles. The van der Waals surface area contributed by atoms with E-state index in [1.807, 2.05) is 7.05 Å². The molecule has 0 rings (SSSR count). The molecule has 0 aromatic carbocycles. The van der Waals surface area contributed by atoms with Crippen LogP contribution in [0.3, 0.4) is 0 Å². The lowest BCUT2D eigenvalue weighted by Crippen LogP contribution is -3.18. The van der Waals surface area contributed by atoms with Gasteiger partial charge in [0.25, 0.3) is 0 Å². The summed E-state index contributed by atoms with van der Waals surface area (Å²) < 4.78 is 31.0. The summed E-state index contributed by atoms with van der Waals surface area (Å²) in [6.07, 6.45) is 35.3. The highest BCUT2D eigenvalue weighted by molar-refractivity contribution is 7.80. The molecule has 0 radical (unpaired) electrons. The van der Waals surface area contributed by atoms with E-state index in [0.717, 1.165) is 37.7 Å². The van der Waals surface area contributed by atoms with Gasteiger partial charge >= 0.3 is 0 Å².